The van der Waals surface area contributed by atoms with E-state index >= 15 is 0 Å². The van der Waals surface area contributed by atoms with Gasteiger partial charge >= 0.3 is 0 Å². The van der Waals surface area contributed by atoms with Crippen molar-refractivity contribution in [2.24, 2.45) is 13.0 Å². The number of alkyl halides is 1. The lowest BCUT2D eigenvalue weighted by atomic mass is 9.97. The average molecular weight is 270 g/mol. The highest BCUT2D eigenvalue weighted by atomic mass is 35.5. The Hall–Kier alpha value is -1.03. The quantitative estimate of drug-likeness (QED) is 0.848. The molecule has 1 amide bonds. The first kappa shape index (κ1) is 13.4. The Labute approximate surface area is 113 Å². The number of amides is 1. The normalized spacial score (nSPS) is 23.3. The number of aryl methyl sites for hydroxylation is 2. The van der Waals surface area contributed by atoms with Crippen LogP contribution in [0, 0.1) is 12.8 Å². The number of carbonyl (C=O) groups is 1. The molecule has 1 aliphatic rings. The zero-order valence-corrected chi connectivity index (χ0v) is 11.7. The van der Waals surface area contributed by atoms with Crippen LogP contribution >= 0.6 is 11.6 Å². The molecule has 2 rings (SSSR count). The Kier molecular flexibility index (Phi) is 4.27. The fourth-order valence-corrected chi connectivity index (χ4v) is 2.92. The summed E-state index contributed by atoms with van der Waals surface area (Å²) in [7, 11) is 1.98. The molecule has 1 N–H and O–H groups in total. The first-order chi connectivity index (χ1) is 8.60. The van der Waals surface area contributed by atoms with Crippen molar-refractivity contribution in [1.29, 1.82) is 0 Å². The first-order valence-electron chi connectivity index (χ1n) is 6.45. The van der Waals surface area contributed by atoms with Gasteiger partial charge in [-0.3, -0.25) is 9.48 Å². The Bertz CT molecular complexity index is 430. The van der Waals surface area contributed by atoms with E-state index in [0.29, 0.717) is 5.92 Å². The lowest BCUT2D eigenvalue weighted by Crippen LogP contribution is -2.38. The highest BCUT2D eigenvalue weighted by Crippen LogP contribution is 2.29. The summed E-state index contributed by atoms with van der Waals surface area (Å²) in [6, 6.07) is 2.39. The maximum atomic E-state index is 11.4. The highest BCUT2D eigenvalue weighted by Gasteiger charge is 2.29. The van der Waals surface area contributed by atoms with Crippen molar-refractivity contribution >= 4 is 17.5 Å². The molecule has 0 bridgehead atoms. The second-order valence-corrected chi connectivity index (χ2v) is 5.37. The van der Waals surface area contributed by atoms with E-state index in [9.17, 15) is 4.79 Å². The number of nitrogens with zero attached hydrogens (tertiary/aromatic N) is 2. The predicted octanol–water partition coefficient (Wildman–Crippen LogP) is 1.79. The molecule has 1 aromatic heterocycles. The number of nitrogens with one attached hydrogen (secondary N) is 1. The largest absolute Gasteiger partial charge is 0.352 e. The first-order valence-corrected chi connectivity index (χ1v) is 6.98. The molecule has 0 spiro atoms. The molecule has 1 saturated carbocycles. The van der Waals surface area contributed by atoms with E-state index in [1.165, 1.54) is 12.1 Å². The molecule has 0 aliphatic heterocycles. The van der Waals surface area contributed by atoms with Crippen molar-refractivity contribution in [3.05, 3.63) is 17.5 Å². The second-order valence-electron chi connectivity index (χ2n) is 5.10. The molecule has 0 aromatic carbocycles. The van der Waals surface area contributed by atoms with Gasteiger partial charge in [-0.15, -0.1) is 11.6 Å². The number of halogens is 1. The second kappa shape index (κ2) is 5.74. The van der Waals surface area contributed by atoms with Gasteiger partial charge in [-0.05, 0) is 38.2 Å². The van der Waals surface area contributed by atoms with E-state index in [-0.39, 0.29) is 17.8 Å². The van der Waals surface area contributed by atoms with Gasteiger partial charge in [0.25, 0.3) is 0 Å². The summed E-state index contributed by atoms with van der Waals surface area (Å²) in [5.74, 6) is 0.496. The molecule has 1 heterocycles. The van der Waals surface area contributed by atoms with Crippen LogP contribution in [0.4, 0.5) is 0 Å². The summed E-state index contributed by atoms with van der Waals surface area (Å²) in [5, 5.41) is 7.39. The summed E-state index contributed by atoms with van der Waals surface area (Å²) in [4.78, 5) is 11.4. The lowest BCUT2D eigenvalue weighted by molar-refractivity contribution is -0.119. The third-order valence-electron chi connectivity index (χ3n) is 3.70. The van der Waals surface area contributed by atoms with Gasteiger partial charge in [-0.25, -0.2) is 0 Å². The lowest BCUT2D eigenvalue weighted by Gasteiger charge is -2.20. The minimum absolute atomic E-state index is 0.0496. The van der Waals surface area contributed by atoms with Gasteiger partial charge in [0.1, 0.15) is 5.88 Å². The van der Waals surface area contributed by atoms with E-state index in [2.05, 4.69) is 16.5 Å². The van der Waals surface area contributed by atoms with Crippen molar-refractivity contribution in [1.82, 2.24) is 15.1 Å². The SMILES string of the molecule is Cc1cc(CC2CCCC2NC(=O)CCl)n(C)n1. The van der Waals surface area contributed by atoms with Crippen LogP contribution in [-0.2, 0) is 18.3 Å². The van der Waals surface area contributed by atoms with Crippen molar-refractivity contribution in [3.63, 3.8) is 0 Å². The number of hydrogen-bond donors (Lipinski definition) is 1. The number of rotatable bonds is 4. The molecule has 0 saturated heterocycles. The summed E-state index contributed by atoms with van der Waals surface area (Å²) in [6.07, 6.45) is 4.38. The van der Waals surface area contributed by atoms with E-state index in [1.807, 2.05) is 18.7 Å². The molecule has 5 heteroatoms. The van der Waals surface area contributed by atoms with Crippen LogP contribution in [-0.4, -0.2) is 27.6 Å². The van der Waals surface area contributed by atoms with Crippen LogP contribution in [0.5, 0.6) is 0 Å². The van der Waals surface area contributed by atoms with E-state index in [4.69, 9.17) is 11.6 Å². The van der Waals surface area contributed by atoms with Gasteiger partial charge in [0.2, 0.25) is 5.91 Å². The standard InChI is InChI=1S/C13H20ClN3O/c1-9-6-11(17(2)16-9)7-10-4-3-5-12(10)15-13(18)8-14/h6,10,12H,3-5,7-8H2,1-2H3,(H,15,18). The molecule has 100 valence electrons. The summed E-state index contributed by atoms with van der Waals surface area (Å²) >= 11 is 5.54. The van der Waals surface area contributed by atoms with Crippen molar-refractivity contribution in [3.8, 4) is 0 Å². The third kappa shape index (κ3) is 3.05. The summed E-state index contributed by atoms with van der Waals surface area (Å²) < 4.78 is 1.94. The monoisotopic (exact) mass is 269 g/mol. The van der Waals surface area contributed by atoms with Crippen molar-refractivity contribution in [2.75, 3.05) is 5.88 Å². The van der Waals surface area contributed by atoms with E-state index in [1.54, 1.807) is 0 Å². The third-order valence-corrected chi connectivity index (χ3v) is 3.94. The number of carbonyl (C=O) groups excluding carboxylic acids is 1. The van der Waals surface area contributed by atoms with Gasteiger partial charge < -0.3 is 5.32 Å². The van der Waals surface area contributed by atoms with E-state index in [0.717, 1.165) is 25.0 Å². The molecule has 1 aromatic rings. The van der Waals surface area contributed by atoms with Gasteiger partial charge in [-0.1, -0.05) is 6.42 Å². The Morgan fingerprint density at radius 2 is 2.39 bits per heavy atom. The van der Waals surface area contributed by atoms with Crippen molar-refractivity contribution < 1.29 is 4.79 Å². The Morgan fingerprint density at radius 1 is 1.61 bits per heavy atom. The zero-order chi connectivity index (χ0) is 13.1. The molecule has 0 radical (unpaired) electrons. The molecular formula is C13H20ClN3O. The van der Waals surface area contributed by atoms with Crippen LogP contribution in [0.15, 0.2) is 6.07 Å². The van der Waals surface area contributed by atoms with Crippen LogP contribution < -0.4 is 5.32 Å². The predicted molar refractivity (Wildman–Crippen MR) is 71.6 cm³/mol. The summed E-state index contributed by atoms with van der Waals surface area (Å²) in [5.41, 5.74) is 2.29. The minimum Gasteiger partial charge on any atom is -0.352 e. The maximum absolute atomic E-state index is 11.4. The van der Waals surface area contributed by atoms with E-state index < -0.39 is 0 Å². The number of hydrogen-bond acceptors (Lipinski definition) is 2. The molecular weight excluding hydrogens is 250 g/mol. The van der Waals surface area contributed by atoms with Crippen LogP contribution in [0.25, 0.3) is 0 Å². The number of aromatic nitrogens is 2. The molecule has 2 unspecified atom stereocenters. The zero-order valence-electron chi connectivity index (χ0n) is 10.9. The minimum atomic E-state index is -0.0604. The molecule has 18 heavy (non-hydrogen) atoms. The fourth-order valence-electron chi connectivity index (χ4n) is 2.84. The van der Waals surface area contributed by atoms with Crippen LogP contribution in [0.1, 0.15) is 30.7 Å². The maximum Gasteiger partial charge on any atom is 0.235 e. The molecule has 2 atom stereocenters. The van der Waals surface area contributed by atoms with Gasteiger partial charge in [-0.2, -0.15) is 5.10 Å². The Balaban J connectivity index is 1.99. The fraction of sp³-hybridized carbons (Fsp3) is 0.692. The smallest absolute Gasteiger partial charge is 0.235 e. The molecule has 1 aliphatic carbocycles. The Morgan fingerprint density at radius 3 is 3.00 bits per heavy atom. The average Bonchev–Trinajstić information content (AvgIpc) is 2.87. The van der Waals surface area contributed by atoms with Gasteiger partial charge in [0.15, 0.2) is 0 Å². The van der Waals surface area contributed by atoms with Gasteiger partial charge in [0.05, 0.1) is 5.69 Å². The topological polar surface area (TPSA) is 46.9 Å². The highest BCUT2D eigenvalue weighted by molar-refractivity contribution is 6.27. The van der Waals surface area contributed by atoms with Crippen LogP contribution in [0.3, 0.4) is 0 Å². The van der Waals surface area contributed by atoms with Crippen LogP contribution in [0.2, 0.25) is 0 Å². The van der Waals surface area contributed by atoms with Crippen molar-refractivity contribution in [2.45, 2.75) is 38.6 Å². The summed E-state index contributed by atoms with van der Waals surface area (Å²) in [6.45, 7) is 2.00. The molecule has 4 nitrogen and oxygen atoms in total. The van der Waals surface area contributed by atoms with Gasteiger partial charge in [0, 0.05) is 18.8 Å². The molecule has 1 fully saturated rings.